The summed E-state index contributed by atoms with van der Waals surface area (Å²) in [6.07, 6.45) is 1.58. The number of benzene rings is 2. The molecule has 5 nitrogen and oxygen atoms in total. The van der Waals surface area contributed by atoms with Crippen LogP contribution in [0.15, 0.2) is 53.9 Å². The zero-order chi connectivity index (χ0) is 18.0. The highest BCUT2D eigenvalue weighted by Gasteiger charge is 2.28. The van der Waals surface area contributed by atoms with Gasteiger partial charge in [0.05, 0.1) is 17.1 Å². The Balaban J connectivity index is 2.11. The molecule has 0 saturated heterocycles. The van der Waals surface area contributed by atoms with E-state index in [2.05, 4.69) is 6.58 Å². The number of aryl methyl sites for hydroxylation is 2. The molecular formula is C19H21NO4S. The number of para-hydroxylation sites is 1. The third-order valence-electron chi connectivity index (χ3n) is 4.09. The second-order valence-electron chi connectivity index (χ2n) is 5.87. The quantitative estimate of drug-likeness (QED) is 0.767. The van der Waals surface area contributed by atoms with Crippen LogP contribution in [-0.2, 0) is 10.0 Å². The van der Waals surface area contributed by atoms with Gasteiger partial charge in [-0.05, 0) is 37.1 Å². The van der Waals surface area contributed by atoms with E-state index in [1.807, 2.05) is 32.0 Å². The summed E-state index contributed by atoms with van der Waals surface area (Å²) in [5.74, 6) is 1.01. The summed E-state index contributed by atoms with van der Waals surface area (Å²) in [6, 6.07) is 10.4. The van der Waals surface area contributed by atoms with Crippen molar-refractivity contribution in [3.05, 3.63) is 60.2 Å². The summed E-state index contributed by atoms with van der Waals surface area (Å²) < 4.78 is 39.0. The van der Waals surface area contributed by atoms with Gasteiger partial charge in [0.1, 0.15) is 13.2 Å². The van der Waals surface area contributed by atoms with Gasteiger partial charge in [-0.15, -0.1) is 6.58 Å². The van der Waals surface area contributed by atoms with Crippen LogP contribution in [-0.4, -0.2) is 28.2 Å². The molecule has 0 atom stereocenters. The zero-order valence-corrected chi connectivity index (χ0v) is 15.2. The van der Waals surface area contributed by atoms with Crippen molar-refractivity contribution in [1.29, 1.82) is 0 Å². The normalized spacial score (nSPS) is 13.4. The maximum atomic E-state index is 13.3. The van der Waals surface area contributed by atoms with Gasteiger partial charge in [-0.2, -0.15) is 0 Å². The van der Waals surface area contributed by atoms with Crippen molar-refractivity contribution in [3.8, 4) is 11.5 Å². The minimum absolute atomic E-state index is 0.168. The summed E-state index contributed by atoms with van der Waals surface area (Å²) in [5.41, 5.74) is 2.46. The SMILES string of the molecule is C=CCN(c1c(C)cccc1C)S(=O)(=O)c1ccc2c(c1)OCCO2. The number of hydrogen-bond donors (Lipinski definition) is 0. The van der Waals surface area contributed by atoms with Gasteiger partial charge in [-0.25, -0.2) is 8.42 Å². The Morgan fingerprint density at radius 2 is 1.72 bits per heavy atom. The second-order valence-corrected chi connectivity index (χ2v) is 7.73. The first kappa shape index (κ1) is 17.4. The van der Waals surface area contributed by atoms with Crippen LogP contribution >= 0.6 is 0 Å². The van der Waals surface area contributed by atoms with Crippen LogP contribution in [0.5, 0.6) is 11.5 Å². The summed E-state index contributed by atoms with van der Waals surface area (Å²) >= 11 is 0. The average molecular weight is 359 g/mol. The fraction of sp³-hybridized carbons (Fsp3) is 0.263. The van der Waals surface area contributed by atoms with Gasteiger partial charge >= 0.3 is 0 Å². The van der Waals surface area contributed by atoms with Crippen molar-refractivity contribution in [2.45, 2.75) is 18.7 Å². The number of sulfonamides is 1. The molecule has 0 fully saturated rings. The zero-order valence-electron chi connectivity index (χ0n) is 14.4. The number of rotatable bonds is 5. The molecule has 0 radical (unpaired) electrons. The lowest BCUT2D eigenvalue weighted by Gasteiger charge is -2.27. The molecule has 0 aliphatic carbocycles. The number of fused-ring (bicyclic) bond motifs is 1. The lowest BCUT2D eigenvalue weighted by molar-refractivity contribution is 0.171. The molecule has 0 N–H and O–H groups in total. The number of nitrogens with zero attached hydrogens (tertiary/aromatic N) is 1. The summed E-state index contributed by atoms with van der Waals surface area (Å²) in [4.78, 5) is 0.168. The third-order valence-corrected chi connectivity index (χ3v) is 5.85. The maximum Gasteiger partial charge on any atom is 0.264 e. The molecule has 0 spiro atoms. The minimum atomic E-state index is -3.77. The van der Waals surface area contributed by atoms with Gasteiger partial charge in [0.25, 0.3) is 10.0 Å². The molecule has 1 aliphatic rings. The fourth-order valence-electron chi connectivity index (χ4n) is 2.94. The van der Waals surface area contributed by atoms with E-state index in [9.17, 15) is 8.42 Å². The summed E-state index contributed by atoms with van der Waals surface area (Å²) in [6.45, 7) is 8.56. The predicted molar refractivity (Wildman–Crippen MR) is 98.1 cm³/mol. The summed E-state index contributed by atoms with van der Waals surface area (Å²) in [7, 11) is -3.77. The fourth-order valence-corrected chi connectivity index (χ4v) is 4.52. The largest absolute Gasteiger partial charge is 0.486 e. The van der Waals surface area contributed by atoms with Crippen LogP contribution in [0.4, 0.5) is 5.69 Å². The Bertz CT molecular complexity index is 885. The molecule has 132 valence electrons. The molecule has 2 aromatic rings. The molecule has 0 aromatic heterocycles. The topological polar surface area (TPSA) is 55.8 Å². The standard InChI is InChI=1S/C19H21NO4S/c1-4-10-20(19-14(2)6-5-7-15(19)3)25(21,22)16-8-9-17-18(13-16)24-12-11-23-17/h4-9,13H,1,10-12H2,2-3H3. The molecular weight excluding hydrogens is 338 g/mol. The molecule has 3 rings (SSSR count). The summed E-state index contributed by atoms with van der Waals surface area (Å²) in [5, 5.41) is 0. The number of hydrogen-bond acceptors (Lipinski definition) is 4. The van der Waals surface area contributed by atoms with Gasteiger partial charge in [0.15, 0.2) is 11.5 Å². The van der Waals surface area contributed by atoms with Crippen LogP contribution in [0.2, 0.25) is 0 Å². The van der Waals surface area contributed by atoms with Crippen molar-refractivity contribution in [2.75, 3.05) is 24.1 Å². The van der Waals surface area contributed by atoms with Crippen molar-refractivity contribution >= 4 is 15.7 Å². The minimum Gasteiger partial charge on any atom is -0.486 e. The molecule has 0 bridgehead atoms. The van der Waals surface area contributed by atoms with Crippen LogP contribution in [0, 0.1) is 13.8 Å². The first-order valence-corrected chi connectivity index (χ1v) is 9.48. The first-order valence-electron chi connectivity index (χ1n) is 8.04. The molecule has 1 heterocycles. The highest BCUT2D eigenvalue weighted by molar-refractivity contribution is 7.92. The van der Waals surface area contributed by atoms with E-state index in [0.717, 1.165) is 11.1 Å². The van der Waals surface area contributed by atoms with E-state index < -0.39 is 10.0 Å². The van der Waals surface area contributed by atoms with Gasteiger partial charge in [0.2, 0.25) is 0 Å². The Hall–Kier alpha value is -2.47. The van der Waals surface area contributed by atoms with E-state index >= 15 is 0 Å². The Labute approximate surface area is 148 Å². The lowest BCUT2D eigenvalue weighted by Crippen LogP contribution is -2.32. The van der Waals surface area contributed by atoms with E-state index in [4.69, 9.17) is 9.47 Å². The van der Waals surface area contributed by atoms with Gasteiger partial charge in [-0.1, -0.05) is 24.3 Å². The van der Waals surface area contributed by atoms with Crippen molar-refractivity contribution in [2.24, 2.45) is 0 Å². The maximum absolute atomic E-state index is 13.3. The number of anilines is 1. The van der Waals surface area contributed by atoms with Crippen molar-refractivity contribution in [3.63, 3.8) is 0 Å². The lowest BCUT2D eigenvalue weighted by atomic mass is 10.1. The molecule has 2 aromatic carbocycles. The molecule has 25 heavy (non-hydrogen) atoms. The average Bonchev–Trinajstić information content (AvgIpc) is 2.60. The molecule has 0 saturated carbocycles. The van der Waals surface area contributed by atoms with Crippen LogP contribution in [0.25, 0.3) is 0 Å². The van der Waals surface area contributed by atoms with Crippen LogP contribution in [0.3, 0.4) is 0 Å². The van der Waals surface area contributed by atoms with Crippen molar-refractivity contribution in [1.82, 2.24) is 0 Å². The van der Waals surface area contributed by atoms with E-state index in [1.54, 1.807) is 18.2 Å². The number of ether oxygens (including phenoxy) is 2. The van der Waals surface area contributed by atoms with E-state index in [0.29, 0.717) is 30.4 Å². The van der Waals surface area contributed by atoms with Crippen molar-refractivity contribution < 1.29 is 17.9 Å². The van der Waals surface area contributed by atoms with Crippen LogP contribution < -0.4 is 13.8 Å². The monoisotopic (exact) mass is 359 g/mol. The molecule has 0 amide bonds. The predicted octanol–water partition coefficient (Wildman–Crippen LogP) is 3.46. The Morgan fingerprint density at radius 1 is 1.08 bits per heavy atom. The smallest absolute Gasteiger partial charge is 0.264 e. The van der Waals surface area contributed by atoms with Gasteiger partial charge in [0, 0.05) is 6.07 Å². The molecule has 0 unspecified atom stereocenters. The third kappa shape index (κ3) is 3.22. The van der Waals surface area contributed by atoms with Gasteiger partial charge < -0.3 is 9.47 Å². The Morgan fingerprint density at radius 3 is 2.36 bits per heavy atom. The highest BCUT2D eigenvalue weighted by Crippen LogP contribution is 2.35. The molecule has 6 heteroatoms. The van der Waals surface area contributed by atoms with Gasteiger partial charge in [-0.3, -0.25) is 4.31 Å². The van der Waals surface area contributed by atoms with Crippen LogP contribution in [0.1, 0.15) is 11.1 Å². The first-order chi connectivity index (χ1) is 11.9. The van der Waals surface area contributed by atoms with E-state index in [1.165, 1.54) is 10.4 Å². The second kappa shape index (κ2) is 6.80. The van der Waals surface area contributed by atoms with E-state index in [-0.39, 0.29) is 11.4 Å². The highest BCUT2D eigenvalue weighted by atomic mass is 32.2. The molecule has 1 aliphatic heterocycles. The Kier molecular flexibility index (Phi) is 4.72.